The predicted octanol–water partition coefficient (Wildman–Crippen LogP) is 5.51. The maximum absolute atomic E-state index is 14.6. The predicted molar refractivity (Wildman–Crippen MR) is 128 cm³/mol. The number of alkyl halides is 1. The van der Waals surface area contributed by atoms with Crippen LogP contribution in [-0.2, 0) is 9.59 Å². The number of benzene rings is 2. The summed E-state index contributed by atoms with van der Waals surface area (Å²) in [6, 6.07) is 14.4. The number of hydrogen-bond donors (Lipinski definition) is 1. The van der Waals surface area contributed by atoms with Crippen LogP contribution in [0, 0.1) is 13.8 Å². The van der Waals surface area contributed by atoms with Crippen molar-refractivity contribution in [2.45, 2.75) is 38.9 Å². The third-order valence-electron chi connectivity index (χ3n) is 5.80. The van der Waals surface area contributed by atoms with Crippen molar-refractivity contribution in [3.05, 3.63) is 88.2 Å². The van der Waals surface area contributed by atoms with Crippen molar-refractivity contribution in [2.24, 2.45) is 5.10 Å². The standard InChI is InChI=1S/C26H23ClFN3O3/c1-15-3-5-17(6-4-15)23-12-22(30-31(23)26(34)21(28)11-24(32)33)20-14-29-13-16(2)25(20)18-7-9-19(27)10-8-18/h3-10,13-14,21,23H,11-12H2,1-2H3,(H,32,33). The molecule has 4 rings (SSSR count). The van der Waals surface area contributed by atoms with Crippen molar-refractivity contribution in [3.63, 3.8) is 0 Å². The first-order chi connectivity index (χ1) is 16.2. The molecule has 174 valence electrons. The summed E-state index contributed by atoms with van der Waals surface area (Å²) in [6.07, 6.45) is 0.650. The van der Waals surface area contributed by atoms with Crippen LogP contribution in [0.25, 0.3) is 11.1 Å². The zero-order valence-corrected chi connectivity index (χ0v) is 19.5. The first-order valence-corrected chi connectivity index (χ1v) is 11.2. The van der Waals surface area contributed by atoms with Crippen LogP contribution in [0.15, 0.2) is 66.0 Å². The number of pyridine rings is 1. The Labute approximate surface area is 201 Å². The molecule has 1 aliphatic rings. The topological polar surface area (TPSA) is 82.9 Å². The third kappa shape index (κ3) is 4.84. The van der Waals surface area contributed by atoms with Crippen LogP contribution in [0.2, 0.25) is 5.02 Å². The molecule has 0 radical (unpaired) electrons. The Hall–Kier alpha value is -3.58. The molecular weight excluding hydrogens is 457 g/mol. The van der Waals surface area contributed by atoms with Gasteiger partial charge in [0.05, 0.1) is 18.2 Å². The fraction of sp³-hybridized carbons (Fsp3) is 0.231. The number of halogens is 2. The van der Waals surface area contributed by atoms with Crippen molar-refractivity contribution in [3.8, 4) is 11.1 Å². The highest BCUT2D eigenvalue weighted by atomic mass is 35.5. The van der Waals surface area contributed by atoms with E-state index in [2.05, 4.69) is 10.1 Å². The second kappa shape index (κ2) is 9.73. The molecule has 1 amide bonds. The minimum atomic E-state index is -2.19. The minimum absolute atomic E-state index is 0.334. The third-order valence-corrected chi connectivity index (χ3v) is 6.05. The van der Waals surface area contributed by atoms with Gasteiger partial charge in [-0.2, -0.15) is 5.10 Å². The van der Waals surface area contributed by atoms with Crippen LogP contribution in [0.3, 0.4) is 0 Å². The minimum Gasteiger partial charge on any atom is -0.481 e. The van der Waals surface area contributed by atoms with Gasteiger partial charge in [0.1, 0.15) is 0 Å². The molecule has 34 heavy (non-hydrogen) atoms. The van der Waals surface area contributed by atoms with Gasteiger partial charge in [-0.3, -0.25) is 14.6 Å². The van der Waals surface area contributed by atoms with E-state index in [9.17, 15) is 14.0 Å². The van der Waals surface area contributed by atoms with E-state index in [1.165, 1.54) is 0 Å². The number of amides is 1. The second-order valence-corrected chi connectivity index (χ2v) is 8.75. The molecule has 0 saturated heterocycles. The van der Waals surface area contributed by atoms with Gasteiger partial charge in [-0.15, -0.1) is 0 Å². The maximum atomic E-state index is 14.6. The van der Waals surface area contributed by atoms with Gasteiger partial charge >= 0.3 is 5.97 Å². The smallest absolute Gasteiger partial charge is 0.306 e. The summed E-state index contributed by atoms with van der Waals surface area (Å²) < 4.78 is 14.6. The van der Waals surface area contributed by atoms with E-state index in [0.717, 1.165) is 38.4 Å². The van der Waals surface area contributed by atoms with Crippen molar-refractivity contribution < 1.29 is 19.1 Å². The molecule has 2 heterocycles. The van der Waals surface area contributed by atoms with Crippen LogP contribution in [0.5, 0.6) is 0 Å². The van der Waals surface area contributed by atoms with E-state index in [1.54, 1.807) is 24.5 Å². The van der Waals surface area contributed by atoms with Crippen molar-refractivity contribution in [1.29, 1.82) is 0 Å². The van der Waals surface area contributed by atoms with Crippen molar-refractivity contribution in [2.75, 3.05) is 0 Å². The molecule has 8 heteroatoms. The summed E-state index contributed by atoms with van der Waals surface area (Å²) in [5.74, 6) is -2.36. The SMILES string of the molecule is Cc1ccc(C2CC(c3cncc(C)c3-c3ccc(Cl)cc3)=NN2C(=O)C(F)CC(=O)O)cc1. The number of carbonyl (C=O) groups is 2. The summed E-state index contributed by atoms with van der Waals surface area (Å²) in [6.45, 7) is 3.88. The lowest BCUT2D eigenvalue weighted by atomic mass is 9.91. The summed E-state index contributed by atoms with van der Waals surface area (Å²) in [5.41, 5.74) is 5.84. The Morgan fingerprint density at radius 1 is 1.12 bits per heavy atom. The van der Waals surface area contributed by atoms with E-state index in [0.29, 0.717) is 17.2 Å². The van der Waals surface area contributed by atoms with Crippen LogP contribution in [0.4, 0.5) is 4.39 Å². The molecule has 2 atom stereocenters. The van der Waals surface area contributed by atoms with Crippen LogP contribution in [-0.4, -0.2) is 38.9 Å². The first kappa shape index (κ1) is 23.6. The van der Waals surface area contributed by atoms with Crippen LogP contribution < -0.4 is 0 Å². The molecule has 0 saturated carbocycles. The molecule has 1 aromatic heterocycles. The molecular formula is C26H23ClFN3O3. The van der Waals surface area contributed by atoms with E-state index in [1.807, 2.05) is 50.2 Å². The lowest BCUT2D eigenvalue weighted by molar-refractivity contribution is -0.146. The number of carboxylic acids is 1. The normalized spacial score (nSPS) is 16.3. The van der Waals surface area contributed by atoms with E-state index in [4.69, 9.17) is 16.7 Å². The zero-order valence-electron chi connectivity index (χ0n) is 18.7. The highest BCUT2D eigenvalue weighted by molar-refractivity contribution is 6.30. The number of nitrogens with zero attached hydrogens (tertiary/aromatic N) is 3. The Balaban J connectivity index is 1.79. The van der Waals surface area contributed by atoms with Crippen LogP contribution in [0.1, 0.15) is 41.1 Å². The number of hydrazone groups is 1. The fourth-order valence-corrected chi connectivity index (χ4v) is 4.22. The molecule has 2 aromatic carbocycles. The molecule has 0 spiro atoms. The summed E-state index contributed by atoms with van der Waals surface area (Å²) in [5, 5.41) is 15.2. The Bertz CT molecular complexity index is 1260. The summed E-state index contributed by atoms with van der Waals surface area (Å²) in [4.78, 5) is 28.2. The van der Waals surface area contributed by atoms with Gasteiger partial charge in [0.15, 0.2) is 6.17 Å². The van der Waals surface area contributed by atoms with Gasteiger partial charge in [-0.1, -0.05) is 53.6 Å². The molecule has 0 fully saturated rings. The first-order valence-electron chi connectivity index (χ1n) is 10.8. The Morgan fingerprint density at radius 3 is 2.44 bits per heavy atom. The number of carbonyl (C=O) groups excluding carboxylic acids is 1. The number of aromatic nitrogens is 1. The quantitative estimate of drug-likeness (QED) is 0.505. The van der Waals surface area contributed by atoms with E-state index in [-0.39, 0.29) is 0 Å². The highest BCUT2D eigenvalue weighted by Crippen LogP contribution is 2.37. The molecule has 3 aromatic rings. The average molecular weight is 480 g/mol. The molecule has 0 aliphatic carbocycles. The van der Waals surface area contributed by atoms with Crippen molar-refractivity contribution >= 4 is 29.2 Å². The largest absolute Gasteiger partial charge is 0.481 e. The van der Waals surface area contributed by atoms with E-state index >= 15 is 0 Å². The molecule has 1 aliphatic heterocycles. The zero-order chi connectivity index (χ0) is 24.4. The van der Waals surface area contributed by atoms with Crippen molar-refractivity contribution in [1.82, 2.24) is 9.99 Å². The number of carboxylic acid groups (broad SMARTS) is 1. The molecule has 6 nitrogen and oxygen atoms in total. The highest BCUT2D eigenvalue weighted by Gasteiger charge is 2.38. The van der Waals surface area contributed by atoms with Gasteiger partial charge in [0.2, 0.25) is 0 Å². The average Bonchev–Trinajstić information content (AvgIpc) is 3.24. The number of hydrogen-bond acceptors (Lipinski definition) is 4. The Morgan fingerprint density at radius 2 is 1.79 bits per heavy atom. The van der Waals surface area contributed by atoms with Gasteiger partial charge < -0.3 is 5.11 Å². The molecule has 0 bridgehead atoms. The number of aryl methyl sites for hydroxylation is 2. The summed E-state index contributed by atoms with van der Waals surface area (Å²) >= 11 is 6.07. The fourth-order valence-electron chi connectivity index (χ4n) is 4.09. The maximum Gasteiger partial charge on any atom is 0.306 e. The van der Waals surface area contributed by atoms with Crippen LogP contribution >= 0.6 is 11.6 Å². The lowest BCUT2D eigenvalue weighted by Crippen LogP contribution is -2.35. The summed E-state index contributed by atoms with van der Waals surface area (Å²) in [7, 11) is 0. The Kier molecular flexibility index (Phi) is 6.75. The lowest BCUT2D eigenvalue weighted by Gasteiger charge is -2.23. The molecule has 1 N–H and O–H groups in total. The monoisotopic (exact) mass is 479 g/mol. The molecule has 2 unspecified atom stereocenters. The number of rotatable bonds is 6. The van der Waals surface area contributed by atoms with Gasteiger partial charge in [0.25, 0.3) is 5.91 Å². The number of aliphatic carboxylic acids is 1. The second-order valence-electron chi connectivity index (χ2n) is 8.31. The van der Waals surface area contributed by atoms with Gasteiger partial charge in [-0.05, 0) is 48.2 Å². The van der Waals surface area contributed by atoms with E-state index < -0.39 is 30.5 Å². The van der Waals surface area contributed by atoms with Gasteiger partial charge in [0, 0.05) is 29.4 Å². The van der Waals surface area contributed by atoms with Gasteiger partial charge in [-0.25, -0.2) is 9.40 Å².